The molecular formula is C14H21N3O2S. The van der Waals surface area contributed by atoms with Gasteiger partial charge in [0.25, 0.3) is 0 Å². The number of nitrogens with zero attached hydrogens (tertiary/aromatic N) is 1. The lowest BCUT2D eigenvalue weighted by atomic mass is 10.2. The van der Waals surface area contributed by atoms with Crippen molar-refractivity contribution in [2.45, 2.75) is 19.9 Å². The van der Waals surface area contributed by atoms with Crippen LogP contribution in [0, 0.1) is 0 Å². The Hall–Kier alpha value is -1.50. The van der Waals surface area contributed by atoms with Crippen LogP contribution < -0.4 is 11.1 Å². The number of anilines is 1. The van der Waals surface area contributed by atoms with Gasteiger partial charge in [-0.2, -0.15) is 0 Å². The number of nitrogens with one attached hydrogen (secondary N) is 1. The topological polar surface area (TPSA) is 78.6 Å². The lowest BCUT2D eigenvalue weighted by molar-refractivity contribution is -0.117. The molecule has 1 amide bonds. The summed E-state index contributed by atoms with van der Waals surface area (Å²) >= 11 is 4.87. The molecule has 0 saturated carbocycles. The van der Waals surface area contributed by atoms with Gasteiger partial charge in [0.05, 0.1) is 13.2 Å². The van der Waals surface area contributed by atoms with Crippen molar-refractivity contribution in [3.63, 3.8) is 0 Å². The number of aliphatic hydroxyl groups excluding tert-OH is 1. The third kappa shape index (κ3) is 5.24. The first-order chi connectivity index (χ1) is 9.43. The van der Waals surface area contributed by atoms with Gasteiger partial charge in [-0.1, -0.05) is 12.2 Å². The highest BCUT2D eigenvalue weighted by molar-refractivity contribution is 7.80. The van der Waals surface area contributed by atoms with Crippen molar-refractivity contribution in [3.05, 3.63) is 29.8 Å². The lowest BCUT2D eigenvalue weighted by Gasteiger charge is -2.24. The molecule has 0 radical (unpaired) electrons. The molecule has 0 aliphatic heterocycles. The predicted octanol–water partition coefficient (Wildman–Crippen LogP) is 0.962. The quantitative estimate of drug-likeness (QED) is 0.653. The number of hydrogen-bond acceptors (Lipinski definition) is 4. The Bertz CT molecular complexity index is 460. The largest absolute Gasteiger partial charge is 0.395 e. The fourth-order valence-corrected chi connectivity index (χ4v) is 1.89. The van der Waals surface area contributed by atoms with Crippen LogP contribution in [0.3, 0.4) is 0 Å². The first kappa shape index (κ1) is 16.6. The standard InChI is InChI=1S/C14H21N3O2S/c1-10(2)17(7-8-18)9-13(19)16-12-5-3-11(4-6-12)14(15)20/h3-6,10,18H,7-9H2,1-2H3,(H2,15,20)(H,16,19). The van der Waals surface area contributed by atoms with E-state index in [1.165, 1.54) is 0 Å². The Kier molecular flexibility index (Phi) is 6.57. The molecule has 0 aliphatic carbocycles. The van der Waals surface area contributed by atoms with E-state index in [-0.39, 0.29) is 25.1 Å². The van der Waals surface area contributed by atoms with Crippen LogP contribution in [-0.4, -0.2) is 46.6 Å². The van der Waals surface area contributed by atoms with Crippen LogP contribution in [0.4, 0.5) is 5.69 Å². The fraction of sp³-hybridized carbons (Fsp3) is 0.429. The fourth-order valence-electron chi connectivity index (χ4n) is 1.75. The normalized spacial score (nSPS) is 10.8. The van der Waals surface area contributed by atoms with Gasteiger partial charge in [-0.15, -0.1) is 0 Å². The van der Waals surface area contributed by atoms with Gasteiger partial charge in [0.15, 0.2) is 0 Å². The molecule has 0 spiro atoms. The van der Waals surface area contributed by atoms with Crippen molar-refractivity contribution in [3.8, 4) is 0 Å². The molecule has 110 valence electrons. The Morgan fingerprint density at radius 3 is 2.45 bits per heavy atom. The second kappa shape index (κ2) is 7.94. The molecule has 0 unspecified atom stereocenters. The lowest BCUT2D eigenvalue weighted by Crippen LogP contribution is -2.39. The minimum Gasteiger partial charge on any atom is -0.395 e. The van der Waals surface area contributed by atoms with E-state index in [1.807, 2.05) is 18.7 Å². The van der Waals surface area contributed by atoms with Crippen LogP contribution in [0.5, 0.6) is 0 Å². The third-order valence-corrected chi connectivity index (χ3v) is 3.15. The zero-order valence-electron chi connectivity index (χ0n) is 11.8. The van der Waals surface area contributed by atoms with Crippen molar-refractivity contribution in [2.24, 2.45) is 5.73 Å². The van der Waals surface area contributed by atoms with Crippen molar-refractivity contribution in [2.75, 3.05) is 25.0 Å². The summed E-state index contributed by atoms with van der Waals surface area (Å²) in [4.78, 5) is 14.2. The van der Waals surface area contributed by atoms with Crippen molar-refractivity contribution in [1.82, 2.24) is 4.90 Å². The third-order valence-electron chi connectivity index (χ3n) is 2.92. The molecule has 5 nitrogen and oxygen atoms in total. The molecule has 0 saturated heterocycles. The number of hydrogen-bond donors (Lipinski definition) is 3. The summed E-state index contributed by atoms with van der Waals surface area (Å²) in [7, 11) is 0. The van der Waals surface area contributed by atoms with Gasteiger partial charge in [0, 0.05) is 23.8 Å². The first-order valence-corrected chi connectivity index (χ1v) is 6.89. The van der Waals surface area contributed by atoms with E-state index >= 15 is 0 Å². The number of thiocarbonyl (C=S) groups is 1. The van der Waals surface area contributed by atoms with Gasteiger partial charge in [0.1, 0.15) is 4.99 Å². The average Bonchev–Trinajstić information content (AvgIpc) is 2.38. The summed E-state index contributed by atoms with van der Waals surface area (Å²) in [5, 5.41) is 11.8. The number of benzene rings is 1. The molecule has 20 heavy (non-hydrogen) atoms. The van der Waals surface area contributed by atoms with Crippen molar-refractivity contribution >= 4 is 28.8 Å². The number of aliphatic hydroxyl groups is 1. The molecule has 1 aromatic rings. The Morgan fingerprint density at radius 1 is 1.40 bits per heavy atom. The summed E-state index contributed by atoms with van der Waals surface area (Å²) in [6, 6.07) is 7.26. The van der Waals surface area contributed by atoms with E-state index in [2.05, 4.69) is 5.32 Å². The maximum absolute atomic E-state index is 11.9. The van der Waals surface area contributed by atoms with E-state index < -0.39 is 0 Å². The molecule has 0 atom stereocenters. The van der Waals surface area contributed by atoms with Crippen molar-refractivity contribution < 1.29 is 9.90 Å². The maximum atomic E-state index is 11.9. The number of nitrogens with two attached hydrogens (primary N) is 1. The van der Waals surface area contributed by atoms with Crippen LogP contribution in [0.1, 0.15) is 19.4 Å². The van der Waals surface area contributed by atoms with E-state index in [0.717, 1.165) is 5.56 Å². The van der Waals surface area contributed by atoms with Gasteiger partial charge in [-0.05, 0) is 38.1 Å². The zero-order valence-corrected chi connectivity index (χ0v) is 12.6. The molecule has 4 N–H and O–H groups in total. The summed E-state index contributed by atoms with van der Waals surface area (Å²) < 4.78 is 0. The maximum Gasteiger partial charge on any atom is 0.238 e. The van der Waals surface area contributed by atoms with Crippen molar-refractivity contribution in [1.29, 1.82) is 0 Å². The summed E-state index contributed by atoms with van der Waals surface area (Å²) in [6.45, 7) is 4.73. The van der Waals surface area contributed by atoms with Gasteiger partial charge in [0.2, 0.25) is 5.91 Å². The Balaban J connectivity index is 2.59. The molecular weight excluding hydrogens is 274 g/mol. The summed E-state index contributed by atoms with van der Waals surface area (Å²) in [6.07, 6.45) is 0. The summed E-state index contributed by atoms with van der Waals surface area (Å²) in [5.74, 6) is -0.116. The van der Waals surface area contributed by atoms with Crippen LogP contribution in [0.25, 0.3) is 0 Å². The molecule has 0 fully saturated rings. The van der Waals surface area contributed by atoms with Gasteiger partial charge in [-0.25, -0.2) is 0 Å². The van der Waals surface area contributed by atoms with Crippen LogP contribution >= 0.6 is 12.2 Å². The van der Waals surface area contributed by atoms with Gasteiger partial charge >= 0.3 is 0 Å². The zero-order chi connectivity index (χ0) is 15.1. The van der Waals surface area contributed by atoms with Crippen LogP contribution in [-0.2, 0) is 4.79 Å². The Morgan fingerprint density at radius 2 is 2.00 bits per heavy atom. The smallest absolute Gasteiger partial charge is 0.238 e. The Labute approximate surface area is 124 Å². The minimum absolute atomic E-state index is 0.0358. The molecule has 1 aromatic carbocycles. The molecule has 0 aromatic heterocycles. The minimum atomic E-state index is -0.116. The first-order valence-electron chi connectivity index (χ1n) is 6.48. The van der Waals surface area contributed by atoms with E-state index in [1.54, 1.807) is 24.3 Å². The monoisotopic (exact) mass is 295 g/mol. The molecule has 0 heterocycles. The van der Waals surface area contributed by atoms with E-state index in [9.17, 15) is 4.79 Å². The highest BCUT2D eigenvalue weighted by Gasteiger charge is 2.13. The second-order valence-corrected chi connectivity index (χ2v) is 5.22. The number of carbonyl (C=O) groups excluding carboxylic acids is 1. The average molecular weight is 295 g/mol. The van der Waals surface area contributed by atoms with Gasteiger partial charge < -0.3 is 16.2 Å². The highest BCUT2D eigenvalue weighted by Crippen LogP contribution is 2.10. The predicted molar refractivity (Wildman–Crippen MR) is 84.8 cm³/mol. The van der Waals surface area contributed by atoms with E-state index in [4.69, 9.17) is 23.1 Å². The number of rotatable bonds is 7. The van der Waals surface area contributed by atoms with Crippen LogP contribution in [0.15, 0.2) is 24.3 Å². The summed E-state index contributed by atoms with van der Waals surface area (Å²) in [5.41, 5.74) is 6.97. The van der Waals surface area contributed by atoms with Crippen LogP contribution in [0.2, 0.25) is 0 Å². The molecule has 0 bridgehead atoms. The SMILES string of the molecule is CC(C)N(CCO)CC(=O)Nc1ccc(C(N)=S)cc1. The van der Waals surface area contributed by atoms with Gasteiger partial charge in [-0.3, -0.25) is 9.69 Å². The second-order valence-electron chi connectivity index (χ2n) is 4.78. The number of carbonyl (C=O) groups is 1. The molecule has 6 heteroatoms. The molecule has 1 rings (SSSR count). The highest BCUT2D eigenvalue weighted by atomic mass is 32.1. The number of amides is 1. The molecule has 0 aliphatic rings. The van der Waals surface area contributed by atoms with E-state index in [0.29, 0.717) is 17.2 Å².